The first-order valence-corrected chi connectivity index (χ1v) is 7.23. The Hall–Kier alpha value is -1.48. The second-order valence-electron chi connectivity index (χ2n) is 4.74. The van der Waals surface area contributed by atoms with E-state index in [0.29, 0.717) is 0 Å². The largest absolute Gasteiger partial charge is 0.399 e. The van der Waals surface area contributed by atoms with Crippen molar-refractivity contribution in [2.45, 2.75) is 19.9 Å². The third kappa shape index (κ3) is 3.51. The Kier molecular flexibility index (Phi) is 4.48. The normalized spacial score (nSPS) is 10.5. The number of nitrogens with two attached hydrogens (primary N) is 1. The highest BCUT2D eigenvalue weighted by molar-refractivity contribution is 9.10. The van der Waals surface area contributed by atoms with Crippen LogP contribution in [0.15, 0.2) is 46.9 Å². The summed E-state index contributed by atoms with van der Waals surface area (Å²) in [6.45, 7) is 3.05. The molecule has 0 bridgehead atoms. The quantitative estimate of drug-likeness (QED) is 0.855. The van der Waals surface area contributed by atoms with E-state index in [9.17, 15) is 0 Å². The summed E-state index contributed by atoms with van der Waals surface area (Å²) in [4.78, 5) is 2.21. The van der Waals surface area contributed by atoms with E-state index >= 15 is 0 Å². The Balaban J connectivity index is 2.13. The molecule has 0 saturated heterocycles. The fourth-order valence-corrected chi connectivity index (χ4v) is 2.77. The molecule has 19 heavy (non-hydrogen) atoms. The highest BCUT2D eigenvalue weighted by atomic mass is 79.9. The molecule has 0 spiro atoms. The van der Waals surface area contributed by atoms with Gasteiger partial charge in [0.15, 0.2) is 0 Å². The fourth-order valence-electron chi connectivity index (χ4n) is 2.07. The van der Waals surface area contributed by atoms with E-state index in [1.165, 1.54) is 11.1 Å². The first-order chi connectivity index (χ1) is 9.10. The topological polar surface area (TPSA) is 29.3 Å². The van der Waals surface area contributed by atoms with E-state index in [1.807, 2.05) is 18.2 Å². The van der Waals surface area contributed by atoms with Crippen molar-refractivity contribution in [3.63, 3.8) is 0 Å². The molecule has 2 aromatic rings. The second kappa shape index (κ2) is 6.11. The monoisotopic (exact) mass is 318 g/mol. The smallest absolute Gasteiger partial charge is 0.0512 e. The number of rotatable bonds is 4. The van der Waals surface area contributed by atoms with Crippen LogP contribution in [-0.2, 0) is 13.0 Å². The summed E-state index contributed by atoms with van der Waals surface area (Å²) in [5, 5.41) is 0. The number of hydrogen-bond donors (Lipinski definition) is 1. The van der Waals surface area contributed by atoms with Gasteiger partial charge in [-0.1, -0.05) is 31.2 Å². The molecule has 0 aliphatic carbocycles. The van der Waals surface area contributed by atoms with Crippen LogP contribution in [0.4, 0.5) is 11.4 Å². The molecule has 3 heteroatoms. The predicted octanol–water partition coefficient (Wildman–Crippen LogP) is 4.23. The molecule has 0 aliphatic rings. The second-order valence-corrected chi connectivity index (χ2v) is 5.59. The van der Waals surface area contributed by atoms with Gasteiger partial charge in [-0.15, -0.1) is 0 Å². The van der Waals surface area contributed by atoms with Gasteiger partial charge < -0.3 is 10.6 Å². The van der Waals surface area contributed by atoms with Gasteiger partial charge in [-0.05, 0) is 51.7 Å². The minimum atomic E-state index is 0.774. The van der Waals surface area contributed by atoms with E-state index in [4.69, 9.17) is 5.73 Å². The first-order valence-electron chi connectivity index (χ1n) is 6.44. The summed E-state index contributed by atoms with van der Waals surface area (Å²) in [5.41, 5.74) is 10.4. The van der Waals surface area contributed by atoms with Gasteiger partial charge in [0.2, 0.25) is 0 Å². The van der Waals surface area contributed by atoms with E-state index in [1.54, 1.807) is 0 Å². The Bertz CT molecular complexity index is 549. The van der Waals surface area contributed by atoms with Crippen molar-refractivity contribution >= 4 is 27.3 Å². The molecule has 0 aliphatic heterocycles. The Morgan fingerprint density at radius 3 is 2.26 bits per heavy atom. The van der Waals surface area contributed by atoms with E-state index < -0.39 is 0 Å². The number of nitrogen functional groups attached to an aromatic ring is 1. The highest BCUT2D eigenvalue weighted by Gasteiger charge is 2.06. The molecule has 100 valence electrons. The number of anilines is 2. The van der Waals surface area contributed by atoms with Crippen molar-refractivity contribution in [3.05, 3.63) is 58.1 Å². The van der Waals surface area contributed by atoms with E-state index in [2.05, 4.69) is 59.1 Å². The third-order valence-corrected chi connectivity index (χ3v) is 3.87. The lowest BCUT2D eigenvalue weighted by Crippen LogP contribution is -2.16. The number of aryl methyl sites for hydroxylation is 1. The molecule has 2 N–H and O–H groups in total. The molecular formula is C16H19BrN2. The zero-order chi connectivity index (χ0) is 13.8. The summed E-state index contributed by atoms with van der Waals surface area (Å²) in [6.07, 6.45) is 1.08. The van der Waals surface area contributed by atoms with Crippen LogP contribution in [0, 0.1) is 0 Å². The molecule has 0 radical (unpaired) electrons. The summed E-state index contributed by atoms with van der Waals surface area (Å²) < 4.78 is 1.03. The number of nitrogens with zero attached hydrogens (tertiary/aromatic N) is 1. The molecule has 2 nitrogen and oxygen atoms in total. The minimum absolute atomic E-state index is 0.774. The van der Waals surface area contributed by atoms with Gasteiger partial charge in [-0.2, -0.15) is 0 Å². The Labute approximate surface area is 123 Å². The molecular weight excluding hydrogens is 300 g/mol. The Morgan fingerprint density at radius 1 is 1.05 bits per heavy atom. The number of hydrogen-bond acceptors (Lipinski definition) is 2. The van der Waals surface area contributed by atoms with Crippen LogP contribution in [0.25, 0.3) is 0 Å². The van der Waals surface area contributed by atoms with Crippen molar-refractivity contribution in [2.75, 3.05) is 17.7 Å². The molecule has 0 fully saturated rings. The van der Waals surface area contributed by atoms with Gasteiger partial charge >= 0.3 is 0 Å². The standard InChI is InChI=1S/C16H19BrN2/c1-3-12-4-6-13(7-5-12)11-19(2)16-9-8-14(18)10-15(16)17/h4-10H,3,11,18H2,1-2H3. The fraction of sp³-hybridized carbons (Fsp3) is 0.250. The molecule has 0 heterocycles. The Morgan fingerprint density at radius 2 is 1.68 bits per heavy atom. The maximum absolute atomic E-state index is 5.76. The predicted molar refractivity (Wildman–Crippen MR) is 86.5 cm³/mol. The van der Waals surface area contributed by atoms with Crippen LogP contribution in [0.2, 0.25) is 0 Å². The molecule has 0 unspecified atom stereocenters. The van der Waals surface area contributed by atoms with Gasteiger partial charge in [0.25, 0.3) is 0 Å². The van der Waals surface area contributed by atoms with Gasteiger partial charge in [0.05, 0.1) is 5.69 Å². The van der Waals surface area contributed by atoms with Crippen molar-refractivity contribution in [1.29, 1.82) is 0 Å². The molecule has 2 aromatic carbocycles. The van der Waals surface area contributed by atoms with Gasteiger partial charge in [-0.3, -0.25) is 0 Å². The summed E-state index contributed by atoms with van der Waals surface area (Å²) >= 11 is 3.56. The van der Waals surface area contributed by atoms with Crippen LogP contribution in [0.3, 0.4) is 0 Å². The van der Waals surface area contributed by atoms with Crippen molar-refractivity contribution in [2.24, 2.45) is 0 Å². The number of halogens is 1. The van der Waals surface area contributed by atoms with Crippen LogP contribution in [0.1, 0.15) is 18.1 Å². The molecule has 0 atom stereocenters. The average Bonchev–Trinajstić information content (AvgIpc) is 2.39. The third-order valence-electron chi connectivity index (χ3n) is 3.23. The molecule has 0 saturated carbocycles. The maximum Gasteiger partial charge on any atom is 0.0512 e. The average molecular weight is 319 g/mol. The molecule has 0 aromatic heterocycles. The van der Waals surface area contributed by atoms with Crippen molar-refractivity contribution in [3.8, 4) is 0 Å². The van der Waals surface area contributed by atoms with E-state index in [0.717, 1.165) is 28.8 Å². The zero-order valence-corrected chi connectivity index (χ0v) is 12.9. The number of benzene rings is 2. The van der Waals surface area contributed by atoms with Crippen LogP contribution in [0.5, 0.6) is 0 Å². The van der Waals surface area contributed by atoms with Gasteiger partial charge in [0.1, 0.15) is 0 Å². The summed E-state index contributed by atoms with van der Waals surface area (Å²) in [7, 11) is 2.09. The summed E-state index contributed by atoms with van der Waals surface area (Å²) in [5.74, 6) is 0. The SMILES string of the molecule is CCc1ccc(CN(C)c2ccc(N)cc2Br)cc1. The highest BCUT2D eigenvalue weighted by Crippen LogP contribution is 2.28. The molecule has 0 amide bonds. The van der Waals surface area contributed by atoms with Gasteiger partial charge in [0, 0.05) is 23.8 Å². The van der Waals surface area contributed by atoms with Crippen LogP contribution < -0.4 is 10.6 Å². The lowest BCUT2D eigenvalue weighted by atomic mass is 10.1. The summed E-state index contributed by atoms with van der Waals surface area (Å²) in [6, 6.07) is 14.7. The van der Waals surface area contributed by atoms with Crippen molar-refractivity contribution < 1.29 is 0 Å². The van der Waals surface area contributed by atoms with Crippen LogP contribution >= 0.6 is 15.9 Å². The van der Waals surface area contributed by atoms with Crippen molar-refractivity contribution in [1.82, 2.24) is 0 Å². The lowest BCUT2D eigenvalue weighted by Gasteiger charge is -2.21. The van der Waals surface area contributed by atoms with E-state index in [-0.39, 0.29) is 0 Å². The zero-order valence-electron chi connectivity index (χ0n) is 11.4. The molecule has 2 rings (SSSR count). The van der Waals surface area contributed by atoms with Gasteiger partial charge in [-0.25, -0.2) is 0 Å². The van der Waals surface area contributed by atoms with Crippen LogP contribution in [-0.4, -0.2) is 7.05 Å². The first kappa shape index (κ1) is 13.9. The lowest BCUT2D eigenvalue weighted by molar-refractivity contribution is 0.918. The maximum atomic E-state index is 5.76. The minimum Gasteiger partial charge on any atom is -0.399 e.